The fraction of sp³-hybridized carbons (Fsp3) is 0.846. The van der Waals surface area contributed by atoms with Gasteiger partial charge in [-0.2, -0.15) is 0 Å². The molecule has 3 aliphatic rings. The zero-order valence-electron chi connectivity index (χ0n) is 11.4. The lowest BCUT2D eigenvalue weighted by atomic mass is 10.0. The molecule has 2 aliphatic heterocycles. The largest absolute Gasteiger partial charge is 0.409 e. The zero-order chi connectivity index (χ0) is 13.6. The van der Waals surface area contributed by atoms with Crippen molar-refractivity contribution in [2.75, 3.05) is 20.1 Å². The normalized spacial score (nSPS) is 34.2. The first-order chi connectivity index (χ1) is 9.08. The van der Waals surface area contributed by atoms with Crippen molar-refractivity contribution >= 4 is 11.7 Å². The summed E-state index contributed by atoms with van der Waals surface area (Å²) >= 11 is 0. The molecule has 0 spiro atoms. The lowest BCUT2D eigenvalue weighted by Crippen LogP contribution is -2.47. The minimum atomic E-state index is -0.698. The molecule has 0 aromatic carbocycles. The Bertz CT molecular complexity index is 419. The van der Waals surface area contributed by atoms with Crippen molar-refractivity contribution in [2.24, 2.45) is 16.3 Å². The number of hydrogen-bond acceptors (Lipinski definition) is 4. The number of amidine groups is 1. The summed E-state index contributed by atoms with van der Waals surface area (Å²) in [5.74, 6) is 0.143. The van der Waals surface area contributed by atoms with Crippen LogP contribution in [0.2, 0.25) is 0 Å². The van der Waals surface area contributed by atoms with Gasteiger partial charge in [0.2, 0.25) is 5.91 Å². The molecule has 3 fully saturated rings. The summed E-state index contributed by atoms with van der Waals surface area (Å²) in [7, 11) is 2.16. The highest BCUT2D eigenvalue weighted by Gasteiger charge is 2.56. The third-order valence-electron chi connectivity index (χ3n) is 5.19. The molecule has 2 atom stereocenters. The van der Waals surface area contributed by atoms with Crippen LogP contribution >= 0.6 is 0 Å². The number of likely N-dealkylation sites (tertiary alicyclic amines) is 1. The van der Waals surface area contributed by atoms with Crippen LogP contribution in [0.4, 0.5) is 0 Å². The second-order valence-corrected chi connectivity index (χ2v) is 6.16. The molecule has 6 heteroatoms. The Morgan fingerprint density at radius 1 is 1.32 bits per heavy atom. The molecule has 106 valence electrons. The molecule has 2 heterocycles. The van der Waals surface area contributed by atoms with Gasteiger partial charge in [-0.05, 0) is 39.2 Å². The van der Waals surface area contributed by atoms with Gasteiger partial charge in [-0.1, -0.05) is 5.16 Å². The maximum Gasteiger partial charge on any atom is 0.236 e. The van der Waals surface area contributed by atoms with Crippen LogP contribution in [0, 0.1) is 5.41 Å². The van der Waals surface area contributed by atoms with E-state index in [0.29, 0.717) is 24.9 Å². The van der Waals surface area contributed by atoms with Crippen molar-refractivity contribution in [1.82, 2.24) is 9.80 Å². The van der Waals surface area contributed by atoms with Gasteiger partial charge in [0, 0.05) is 25.2 Å². The molecule has 1 aliphatic carbocycles. The van der Waals surface area contributed by atoms with Crippen LogP contribution in [0.15, 0.2) is 5.16 Å². The van der Waals surface area contributed by atoms with Crippen LogP contribution in [0.1, 0.15) is 32.1 Å². The summed E-state index contributed by atoms with van der Waals surface area (Å²) in [6.45, 7) is 1.58. The number of oxime groups is 1. The van der Waals surface area contributed by atoms with Crippen LogP contribution in [-0.2, 0) is 4.79 Å². The van der Waals surface area contributed by atoms with E-state index < -0.39 is 5.41 Å². The van der Waals surface area contributed by atoms with Gasteiger partial charge in [0.1, 0.15) is 5.41 Å². The predicted octanol–water partition coefficient (Wildman–Crippen LogP) is 0.208. The molecular formula is C13H22N4O2. The van der Waals surface area contributed by atoms with Gasteiger partial charge in [0.05, 0.1) is 0 Å². The van der Waals surface area contributed by atoms with Crippen molar-refractivity contribution in [1.29, 1.82) is 0 Å². The molecule has 3 rings (SSSR count). The molecule has 6 nitrogen and oxygen atoms in total. The SMILES string of the molecule is CN1C2CCC1CN(C(=O)C1(C(N)=NO)CC1)CC2. The van der Waals surface area contributed by atoms with E-state index in [1.165, 1.54) is 12.8 Å². The molecule has 19 heavy (non-hydrogen) atoms. The van der Waals surface area contributed by atoms with Crippen molar-refractivity contribution in [3.63, 3.8) is 0 Å². The van der Waals surface area contributed by atoms with E-state index in [1.54, 1.807) is 0 Å². The first-order valence-corrected chi connectivity index (χ1v) is 7.08. The summed E-state index contributed by atoms with van der Waals surface area (Å²) in [5.41, 5.74) is 5.01. The average molecular weight is 266 g/mol. The predicted molar refractivity (Wildman–Crippen MR) is 70.8 cm³/mol. The van der Waals surface area contributed by atoms with E-state index in [-0.39, 0.29) is 11.7 Å². The zero-order valence-corrected chi connectivity index (χ0v) is 11.4. The first-order valence-electron chi connectivity index (χ1n) is 7.08. The Morgan fingerprint density at radius 3 is 2.63 bits per heavy atom. The number of nitrogens with two attached hydrogens (primary N) is 1. The van der Waals surface area contributed by atoms with Gasteiger partial charge in [-0.15, -0.1) is 0 Å². The van der Waals surface area contributed by atoms with Gasteiger partial charge < -0.3 is 15.8 Å². The fourth-order valence-electron chi connectivity index (χ4n) is 3.60. The molecule has 2 unspecified atom stereocenters. The molecule has 0 aromatic heterocycles. The van der Waals surface area contributed by atoms with Crippen molar-refractivity contribution in [3.05, 3.63) is 0 Å². The van der Waals surface area contributed by atoms with E-state index in [4.69, 9.17) is 10.9 Å². The Hall–Kier alpha value is -1.30. The van der Waals surface area contributed by atoms with Crippen molar-refractivity contribution < 1.29 is 10.0 Å². The van der Waals surface area contributed by atoms with Crippen LogP contribution in [0.5, 0.6) is 0 Å². The van der Waals surface area contributed by atoms with Crippen LogP contribution in [0.25, 0.3) is 0 Å². The molecule has 1 amide bonds. The number of hydrogen-bond donors (Lipinski definition) is 2. The number of fused-ring (bicyclic) bond motifs is 2. The molecule has 3 N–H and O–H groups in total. The highest BCUT2D eigenvalue weighted by atomic mass is 16.4. The number of nitrogens with zero attached hydrogens (tertiary/aromatic N) is 3. The molecular weight excluding hydrogens is 244 g/mol. The summed E-state index contributed by atoms with van der Waals surface area (Å²) < 4.78 is 0. The van der Waals surface area contributed by atoms with E-state index in [1.807, 2.05) is 4.90 Å². The van der Waals surface area contributed by atoms with Gasteiger partial charge in [0.25, 0.3) is 0 Å². The number of carbonyl (C=O) groups excluding carboxylic acids is 1. The Morgan fingerprint density at radius 2 is 2.00 bits per heavy atom. The van der Waals surface area contributed by atoms with Gasteiger partial charge >= 0.3 is 0 Å². The maximum absolute atomic E-state index is 12.7. The summed E-state index contributed by atoms with van der Waals surface area (Å²) in [6, 6.07) is 1.08. The Labute approximate surface area is 113 Å². The third kappa shape index (κ3) is 1.89. The smallest absolute Gasteiger partial charge is 0.236 e. The van der Waals surface area contributed by atoms with Gasteiger partial charge in [-0.3, -0.25) is 9.69 Å². The minimum absolute atomic E-state index is 0.0590. The highest BCUT2D eigenvalue weighted by molar-refractivity contribution is 6.09. The fourth-order valence-corrected chi connectivity index (χ4v) is 3.60. The standard InChI is InChI=1S/C13H22N4O2/c1-16-9-2-3-10(16)8-17(7-4-9)12(18)13(5-6-13)11(14)15-19/h9-10,19H,2-8H2,1H3,(H2,14,15). The third-order valence-corrected chi connectivity index (χ3v) is 5.19. The lowest BCUT2D eigenvalue weighted by Gasteiger charge is -2.28. The molecule has 2 bridgehead atoms. The number of likely N-dealkylation sites (N-methyl/N-ethyl adjacent to an activating group) is 1. The molecule has 0 aromatic rings. The monoisotopic (exact) mass is 266 g/mol. The van der Waals surface area contributed by atoms with E-state index in [2.05, 4.69) is 17.1 Å². The number of carbonyl (C=O) groups is 1. The van der Waals surface area contributed by atoms with Crippen LogP contribution < -0.4 is 5.73 Å². The quantitative estimate of drug-likeness (QED) is 0.324. The minimum Gasteiger partial charge on any atom is -0.409 e. The lowest BCUT2D eigenvalue weighted by molar-refractivity contribution is -0.135. The second-order valence-electron chi connectivity index (χ2n) is 6.16. The Balaban J connectivity index is 1.75. The molecule has 1 saturated carbocycles. The number of amides is 1. The van der Waals surface area contributed by atoms with E-state index in [0.717, 1.165) is 19.5 Å². The van der Waals surface area contributed by atoms with E-state index in [9.17, 15) is 4.79 Å². The van der Waals surface area contributed by atoms with Crippen molar-refractivity contribution in [3.8, 4) is 0 Å². The highest BCUT2D eigenvalue weighted by Crippen LogP contribution is 2.48. The van der Waals surface area contributed by atoms with E-state index >= 15 is 0 Å². The summed E-state index contributed by atoms with van der Waals surface area (Å²) in [5, 5.41) is 11.9. The van der Waals surface area contributed by atoms with Crippen LogP contribution in [-0.4, -0.2) is 59.0 Å². The van der Waals surface area contributed by atoms with Crippen LogP contribution in [0.3, 0.4) is 0 Å². The second kappa shape index (κ2) is 4.37. The average Bonchev–Trinajstić information content (AvgIpc) is 3.14. The molecule has 0 radical (unpaired) electrons. The van der Waals surface area contributed by atoms with Gasteiger partial charge in [0.15, 0.2) is 5.84 Å². The summed E-state index contributed by atoms with van der Waals surface area (Å²) in [4.78, 5) is 17.0. The maximum atomic E-state index is 12.7. The number of rotatable bonds is 2. The topological polar surface area (TPSA) is 82.2 Å². The Kier molecular flexibility index (Phi) is 2.92. The molecule has 2 saturated heterocycles. The van der Waals surface area contributed by atoms with Crippen molar-refractivity contribution in [2.45, 2.75) is 44.2 Å². The van der Waals surface area contributed by atoms with Gasteiger partial charge in [-0.25, -0.2) is 0 Å². The first kappa shape index (κ1) is 12.7. The summed E-state index contributed by atoms with van der Waals surface area (Å²) in [6.07, 6.45) is 4.87.